The molecule has 0 saturated carbocycles. The van der Waals surface area contributed by atoms with E-state index in [0.717, 1.165) is 5.57 Å². The van der Waals surface area contributed by atoms with Gasteiger partial charge < -0.3 is 10.5 Å². The van der Waals surface area contributed by atoms with Crippen LogP contribution in [0.4, 0.5) is 0 Å². The van der Waals surface area contributed by atoms with Gasteiger partial charge in [0.1, 0.15) is 12.7 Å². The molecule has 0 aromatic carbocycles. The molecule has 1 rings (SSSR count). The van der Waals surface area contributed by atoms with Gasteiger partial charge in [-0.1, -0.05) is 0 Å². The normalized spacial score (nSPS) is 17.2. The Morgan fingerprint density at radius 3 is 2.92 bits per heavy atom. The third-order valence-electron chi connectivity index (χ3n) is 1.54. The Morgan fingerprint density at radius 1 is 1.75 bits per heavy atom. The summed E-state index contributed by atoms with van der Waals surface area (Å²) < 4.78 is 4.94. The van der Waals surface area contributed by atoms with Crippen LogP contribution in [0, 0.1) is 11.3 Å². The van der Waals surface area contributed by atoms with Gasteiger partial charge in [-0.15, -0.1) is 0 Å². The van der Waals surface area contributed by atoms with Crippen molar-refractivity contribution in [2.24, 2.45) is 5.73 Å². The van der Waals surface area contributed by atoms with Gasteiger partial charge in [0, 0.05) is 5.70 Å². The number of nitriles is 1. The Labute approximate surface area is 71.4 Å². The van der Waals surface area contributed by atoms with Crippen LogP contribution in [0.2, 0.25) is 0 Å². The first-order chi connectivity index (χ1) is 5.75. The molecule has 0 aromatic rings. The van der Waals surface area contributed by atoms with E-state index in [1.54, 1.807) is 19.3 Å². The lowest BCUT2D eigenvalue weighted by atomic mass is 10.1. The largest absolute Gasteiger partial charge is 0.497 e. The summed E-state index contributed by atoms with van der Waals surface area (Å²) in [6, 6.07) is 2.05. The van der Waals surface area contributed by atoms with Crippen LogP contribution in [-0.4, -0.2) is 6.61 Å². The van der Waals surface area contributed by atoms with Crippen molar-refractivity contribution in [2.45, 2.75) is 6.92 Å². The van der Waals surface area contributed by atoms with Gasteiger partial charge in [-0.2, -0.15) is 5.26 Å². The van der Waals surface area contributed by atoms with Gasteiger partial charge in [0.2, 0.25) is 0 Å². The Balaban J connectivity index is 2.97. The maximum atomic E-state index is 8.75. The van der Waals surface area contributed by atoms with Gasteiger partial charge in [0.25, 0.3) is 0 Å². The maximum absolute atomic E-state index is 8.75. The van der Waals surface area contributed by atoms with Gasteiger partial charge in [-0.3, -0.25) is 0 Å². The summed E-state index contributed by atoms with van der Waals surface area (Å²) in [5.41, 5.74) is 7.42. The molecule has 0 bridgehead atoms. The van der Waals surface area contributed by atoms with Gasteiger partial charge in [-0.25, -0.2) is 0 Å². The van der Waals surface area contributed by atoms with Crippen molar-refractivity contribution in [1.29, 1.82) is 5.26 Å². The lowest BCUT2D eigenvalue weighted by Crippen LogP contribution is -2.01. The molecule has 0 radical (unpaired) electrons. The van der Waals surface area contributed by atoms with Crippen LogP contribution in [-0.2, 0) is 4.74 Å². The fourth-order valence-electron chi connectivity index (χ4n) is 0.949. The van der Waals surface area contributed by atoms with Crippen molar-refractivity contribution in [1.82, 2.24) is 0 Å². The minimum atomic E-state index is 0.504. The van der Waals surface area contributed by atoms with Crippen LogP contribution in [0.3, 0.4) is 0 Å². The molecule has 0 aliphatic carbocycles. The van der Waals surface area contributed by atoms with Crippen LogP contribution in [0.1, 0.15) is 6.92 Å². The fraction of sp³-hybridized carbons (Fsp3) is 0.222. The molecule has 3 nitrogen and oxygen atoms in total. The summed E-state index contributed by atoms with van der Waals surface area (Å²) in [5.74, 6) is 0. The predicted molar refractivity (Wildman–Crippen MR) is 45.7 cm³/mol. The number of allylic oxidation sites excluding steroid dienone is 4. The second-order valence-corrected chi connectivity index (χ2v) is 2.47. The Bertz CT molecular complexity index is 301. The highest BCUT2D eigenvalue weighted by Crippen LogP contribution is 2.15. The molecule has 2 N–H and O–H groups in total. The summed E-state index contributed by atoms with van der Waals surface area (Å²) in [5, 5.41) is 8.75. The van der Waals surface area contributed by atoms with Crippen LogP contribution in [0.5, 0.6) is 0 Å². The molecule has 12 heavy (non-hydrogen) atoms. The first kappa shape index (κ1) is 8.41. The molecule has 0 unspecified atom stereocenters. The number of hydrogen-bond donors (Lipinski definition) is 1. The molecule has 0 amide bonds. The summed E-state index contributed by atoms with van der Waals surface area (Å²) in [6.45, 7) is 2.22. The molecule has 0 spiro atoms. The smallest absolute Gasteiger partial charge is 0.106 e. The van der Waals surface area contributed by atoms with Crippen molar-refractivity contribution >= 4 is 0 Å². The third kappa shape index (κ3) is 1.67. The number of ether oxygens (including phenoxy) is 1. The molecule has 3 heteroatoms. The number of nitrogens with zero attached hydrogens (tertiary/aromatic N) is 1. The molecule has 1 aliphatic heterocycles. The molecule has 62 valence electrons. The minimum Gasteiger partial charge on any atom is -0.497 e. The molecule has 0 aromatic heterocycles. The molecule has 0 saturated heterocycles. The number of hydrogen-bond acceptors (Lipinski definition) is 3. The monoisotopic (exact) mass is 162 g/mol. The average Bonchev–Trinajstić information content (AvgIpc) is 2.07. The van der Waals surface area contributed by atoms with Crippen molar-refractivity contribution < 1.29 is 4.74 Å². The van der Waals surface area contributed by atoms with E-state index in [0.29, 0.717) is 17.9 Å². The van der Waals surface area contributed by atoms with Gasteiger partial charge in [-0.05, 0) is 24.6 Å². The first-order valence-corrected chi connectivity index (χ1v) is 3.61. The highest BCUT2D eigenvalue weighted by molar-refractivity contribution is 5.50. The molecule has 1 heterocycles. The Hall–Kier alpha value is -1.69. The zero-order chi connectivity index (χ0) is 8.97. The molecular weight excluding hydrogens is 152 g/mol. The second-order valence-electron chi connectivity index (χ2n) is 2.47. The van der Waals surface area contributed by atoms with E-state index in [4.69, 9.17) is 15.7 Å². The standard InChI is InChI=1S/C9H10N2O/c1-7(11)9(6-10)8-2-4-12-5-3-8/h2-4H,5,11H2,1H3/b9-7-. The third-order valence-corrected chi connectivity index (χ3v) is 1.54. The second kappa shape index (κ2) is 3.63. The van der Waals surface area contributed by atoms with Crippen LogP contribution < -0.4 is 5.73 Å². The SMILES string of the molecule is C/C(N)=C(\C#N)C1=CCOC=C1. The van der Waals surface area contributed by atoms with E-state index in [1.165, 1.54) is 0 Å². The van der Waals surface area contributed by atoms with Crippen LogP contribution in [0.15, 0.2) is 35.3 Å². The first-order valence-electron chi connectivity index (χ1n) is 3.61. The topological polar surface area (TPSA) is 59.0 Å². The highest BCUT2D eigenvalue weighted by Gasteiger charge is 2.05. The van der Waals surface area contributed by atoms with Gasteiger partial charge >= 0.3 is 0 Å². The van der Waals surface area contributed by atoms with E-state index < -0.39 is 0 Å². The van der Waals surface area contributed by atoms with Gasteiger partial charge in [0.05, 0.1) is 11.8 Å². The summed E-state index contributed by atoms with van der Waals surface area (Å²) in [6.07, 6.45) is 5.13. The van der Waals surface area contributed by atoms with Crippen molar-refractivity contribution in [2.75, 3.05) is 6.61 Å². The zero-order valence-electron chi connectivity index (χ0n) is 6.87. The van der Waals surface area contributed by atoms with E-state index in [2.05, 4.69) is 6.07 Å². The quantitative estimate of drug-likeness (QED) is 0.589. The average molecular weight is 162 g/mol. The Morgan fingerprint density at radius 2 is 2.50 bits per heavy atom. The molecular formula is C9H10N2O. The number of nitrogens with two attached hydrogens (primary N) is 1. The van der Waals surface area contributed by atoms with Crippen molar-refractivity contribution in [3.63, 3.8) is 0 Å². The molecule has 1 aliphatic rings. The minimum absolute atomic E-state index is 0.504. The summed E-state index contributed by atoms with van der Waals surface area (Å²) in [7, 11) is 0. The van der Waals surface area contributed by atoms with Gasteiger partial charge in [0.15, 0.2) is 0 Å². The van der Waals surface area contributed by atoms with Crippen molar-refractivity contribution in [3.8, 4) is 6.07 Å². The van der Waals surface area contributed by atoms with Crippen LogP contribution in [0.25, 0.3) is 0 Å². The molecule has 0 atom stereocenters. The number of rotatable bonds is 1. The Kier molecular flexibility index (Phi) is 2.54. The van der Waals surface area contributed by atoms with E-state index in [-0.39, 0.29) is 0 Å². The lowest BCUT2D eigenvalue weighted by Gasteiger charge is -2.07. The lowest BCUT2D eigenvalue weighted by molar-refractivity contribution is 0.284. The fourth-order valence-corrected chi connectivity index (χ4v) is 0.949. The predicted octanol–water partition coefficient (Wildman–Crippen LogP) is 1.21. The van der Waals surface area contributed by atoms with E-state index >= 15 is 0 Å². The zero-order valence-corrected chi connectivity index (χ0v) is 6.87. The molecule has 0 fully saturated rings. The summed E-state index contributed by atoms with van der Waals surface area (Å²) >= 11 is 0. The van der Waals surface area contributed by atoms with Crippen molar-refractivity contribution in [3.05, 3.63) is 35.3 Å². The maximum Gasteiger partial charge on any atom is 0.106 e. The van der Waals surface area contributed by atoms with E-state index in [9.17, 15) is 0 Å². The van der Waals surface area contributed by atoms with Crippen LogP contribution >= 0.6 is 0 Å². The van der Waals surface area contributed by atoms with E-state index in [1.807, 2.05) is 6.08 Å². The summed E-state index contributed by atoms with van der Waals surface area (Å²) in [4.78, 5) is 0. The highest BCUT2D eigenvalue weighted by atomic mass is 16.5.